The molecule has 0 bridgehead atoms. The van der Waals surface area contributed by atoms with Gasteiger partial charge in [-0.15, -0.1) is 6.26 Å². The molecule has 0 aliphatic rings. The van der Waals surface area contributed by atoms with Crippen LogP contribution in [0.2, 0.25) is 0 Å². The van der Waals surface area contributed by atoms with E-state index in [1.54, 1.807) is 0 Å². The van der Waals surface area contributed by atoms with Crippen LogP contribution in [-0.2, 0) is 10.3 Å². The number of nitrogens with zero attached hydrogens (tertiary/aromatic N) is 1. The first-order valence-corrected chi connectivity index (χ1v) is 3.87. The van der Waals surface area contributed by atoms with E-state index < -0.39 is 10.3 Å². The van der Waals surface area contributed by atoms with Gasteiger partial charge in [0.15, 0.2) is 0 Å². The van der Waals surface area contributed by atoms with Crippen molar-refractivity contribution in [3.8, 4) is 0 Å². The Hall–Kier alpha value is 0.860. The Bertz CT molecular complexity index is 283. The van der Waals surface area contributed by atoms with Crippen molar-refractivity contribution in [2.75, 3.05) is 0 Å². The maximum Gasteiger partial charge on any atom is 1.00 e. The van der Waals surface area contributed by atoms with Crippen LogP contribution in [0.15, 0.2) is 28.9 Å². The van der Waals surface area contributed by atoms with Gasteiger partial charge in [-0.1, -0.05) is 12.2 Å². The van der Waals surface area contributed by atoms with Crippen LogP contribution in [0.1, 0.15) is 0 Å². The van der Waals surface area contributed by atoms with E-state index in [1.165, 1.54) is 6.08 Å². The molecule has 0 aromatic heterocycles. The fourth-order valence-electron chi connectivity index (χ4n) is 0.269. The summed E-state index contributed by atoms with van der Waals surface area (Å²) in [6.07, 6.45) is 4.84. The minimum Gasteiger partial charge on any atom is -0.878 e. The molecule has 0 aliphatic heterocycles. The number of hydrogen-bond acceptors (Lipinski definition) is 4. The molecule has 0 amide bonds. The zero-order valence-corrected chi connectivity index (χ0v) is 12.2. The normalized spacial score (nSPS) is 11.8. The maximum atomic E-state index is 9.80. The first-order chi connectivity index (χ1) is 5.06. The second-order valence-electron chi connectivity index (χ2n) is 1.40. The summed E-state index contributed by atoms with van der Waals surface area (Å²) in [5.41, 5.74) is 0. The second kappa shape index (κ2) is 10.9. The molecule has 13 heavy (non-hydrogen) atoms. The van der Waals surface area contributed by atoms with E-state index in [4.69, 9.17) is 0 Å². The molecule has 0 unspecified atom stereocenters. The summed E-state index contributed by atoms with van der Waals surface area (Å²) >= 11 is 0. The first kappa shape index (κ1) is 19.4. The van der Waals surface area contributed by atoms with E-state index in [2.05, 4.69) is 4.40 Å². The molecule has 0 saturated heterocycles. The van der Waals surface area contributed by atoms with Crippen LogP contribution < -0.4 is 64.2 Å². The molecule has 0 rings (SSSR count). The third-order valence-corrected chi connectivity index (χ3v) is 0.957. The molecule has 0 aliphatic carbocycles. The predicted octanol–water partition coefficient (Wildman–Crippen LogP) is -7.04. The van der Waals surface area contributed by atoms with Gasteiger partial charge in [-0.2, -0.15) is 4.40 Å². The number of hydrogen-bond donors (Lipinski definition) is 0. The molecule has 0 N–H and O–H groups in total. The Labute approximate surface area is 121 Å². The van der Waals surface area contributed by atoms with Gasteiger partial charge in [-0.3, -0.25) is 0 Å². The summed E-state index contributed by atoms with van der Waals surface area (Å²) in [4.78, 5) is 0. The molecule has 0 aromatic carbocycles. The van der Waals surface area contributed by atoms with Crippen molar-refractivity contribution in [2.24, 2.45) is 4.40 Å². The molecule has 0 aromatic rings. The topological polar surface area (TPSA) is 92.6 Å². The van der Waals surface area contributed by atoms with Gasteiger partial charge in [0, 0.05) is 6.21 Å². The van der Waals surface area contributed by atoms with Crippen molar-refractivity contribution >= 4 is 16.5 Å². The largest absolute Gasteiger partial charge is 1.00 e. The van der Waals surface area contributed by atoms with Gasteiger partial charge in [0.1, 0.15) is 0 Å². The zero-order valence-electron chi connectivity index (χ0n) is 7.38. The van der Waals surface area contributed by atoms with Gasteiger partial charge in [0.25, 0.3) is 0 Å². The first-order valence-electron chi connectivity index (χ1n) is 2.51. The molecule has 0 heterocycles. The third kappa shape index (κ3) is 19.3. The van der Waals surface area contributed by atoms with Crippen molar-refractivity contribution in [1.82, 2.24) is 0 Å². The predicted molar refractivity (Wildman–Crippen MR) is 36.5 cm³/mol. The molecule has 0 spiro atoms. The standard InChI is InChI=1S/C5H7NO4S.2Na/c7-5-3-1-2-4-6-11(8,9)10;;/h1-5,7H,(H,8,9,10);;/q;2*+1/p-2/b2-1+,5-3+,6-4+;;. The fraction of sp³-hybridized carbons (Fsp3) is 0. The van der Waals surface area contributed by atoms with Gasteiger partial charge in [-0.25, -0.2) is 8.42 Å². The Kier molecular flexibility index (Phi) is 16.4. The van der Waals surface area contributed by atoms with Crippen LogP contribution in [-0.4, -0.2) is 19.2 Å². The average molecular weight is 221 g/mol. The summed E-state index contributed by atoms with van der Waals surface area (Å²) in [5, 5.41) is 9.63. The van der Waals surface area contributed by atoms with E-state index in [0.717, 1.165) is 18.4 Å². The van der Waals surface area contributed by atoms with Crippen LogP contribution in [0.3, 0.4) is 0 Å². The van der Waals surface area contributed by atoms with E-state index >= 15 is 0 Å². The fourth-order valence-corrected chi connectivity index (χ4v) is 0.488. The van der Waals surface area contributed by atoms with E-state index in [0.29, 0.717) is 6.26 Å². The van der Waals surface area contributed by atoms with E-state index in [1.807, 2.05) is 0 Å². The van der Waals surface area contributed by atoms with E-state index in [9.17, 15) is 18.1 Å². The van der Waals surface area contributed by atoms with Gasteiger partial charge in [-0.05, 0) is 6.08 Å². The van der Waals surface area contributed by atoms with Crippen LogP contribution in [0.5, 0.6) is 0 Å². The van der Waals surface area contributed by atoms with Crippen molar-refractivity contribution in [3.05, 3.63) is 24.5 Å². The molecular weight excluding hydrogens is 216 g/mol. The van der Waals surface area contributed by atoms with Crippen LogP contribution in [0.4, 0.5) is 0 Å². The summed E-state index contributed by atoms with van der Waals surface area (Å²) in [7, 11) is -4.55. The molecule has 0 saturated carbocycles. The molecular formula is C5H5NNa2O4S. The van der Waals surface area contributed by atoms with Gasteiger partial charge >= 0.3 is 59.1 Å². The molecule has 0 fully saturated rings. The Morgan fingerprint density at radius 2 is 1.62 bits per heavy atom. The maximum absolute atomic E-state index is 9.80. The molecule has 0 atom stereocenters. The zero-order chi connectivity index (χ0) is 8.74. The smallest absolute Gasteiger partial charge is 0.878 e. The monoisotopic (exact) mass is 221 g/mol. The second-order valence-corrected chi connectivity index (χ2v) is 2.46. The van der Waals surface area contributed by atoms with Crippen molar-refractivity contribution in [1.29, 1.82) is 0 Å². The van der Waals surface area contributed by atoms with Gasteiger partial charge in [0.05, 0.1) is 0 Å². The number of allylic oxidation sites excluding steroid dienone is 3. The SMILES string of the molecule is O=S(=O)([O-])/N=C/C=C/C=C/[O-].[Na+].[Na+]. The Balaban J connectivity index is -0.000000500. The minimum atomic E-state index is -4.55. The van der Waals surface area contributed by atoms with Crippen molar-refractivity contribution in [3.63, 3.8) is 0 Å². The van der Waals surface area contributed by atoms with Crippen molar-refractivity contribution in [2.45, 2.75) is 0 Å². The molecule has 8 heteroatoms. The Morgan fingerprint density at radius 1 is 1.08 bits per heavy atom. The average Bonchev–Trinajstić information content (AvgIpc) is 1.85. The van der Waals surface area contributed by atoms with Gasteiger partial charge in [0.2, 0.25) is 10.3 Å². The number of rotatable bonds is 3. The summed E-state index contributed by atoms with van der Waals surface area (Å²) in [6.45, 7) is 0. The molecule has 0 radical (unpaired) electrons. The van der Waals surface area contributed by atoms with Crippen LogP contribution >= 0.6 is 0 Å². The molecule has 62 valence electrons. The van der Waals surface area contributed by atoms with Crippen LogP contribution in [0.25, 0.3) is 0 Å². The summed E-state index contributed by atoms with van der Waals surface area (Å²) in [6, 6.07) is 0. The van der Waals surface area contributed by atoms with Crippen molar-refractivity contribution < 1.29 is 77.2 Å². The minimum absolute atomic E-state index is 0. The molecule has 5 nitrogen and oxygen atoms in total. The van der Waals surface area contributed by atoms with Gasteiger partial charge < -0.3 is 9.66 Å². The summed E-state index contributed by atoms with van der Waals surface area (Å²) < 4.78 is 32.0. The quantitative estimate of drug-likeness (QED) is 0.156. The Morgan fingerprint density at radius 3 is 2.00 bits per heavy atom. The van der Waals surface area contributed by atoms with E-state index in [-0.39, 0.29) is 59.1 Å². The van der Waals surface area contributed by atoms with Crippen LogP contribution in [0, 0.1) is 0 Å². The third-order valence-electron chi connectivity index (χ3n) is 0.577. The summed E-state index contributed by atoms with van der Waals surface area (Å²) in [5.74, 6) is 0.